The molecule has 1 aromatic heterocycles. The van der Waals surface area contributed by atoms with E-state index in [9.17, 15) is 9.59 Å². The third kappa shape index (κ3) is 4.46. The molecule has 0 saturated heterocycles. The Morgan fingerprint density at radius 1 is 0.900 bits per heavy atom. The molecule has 3 rings (SSSR count). The number of hydrogen-bond donors (Lipinski definition) is 0. The first kappa shape index (κ1) is 21.4. The van der Waals surface area contributed by atoms with Crippen molar-refractivity contribution in [2.24, 2.45) is 5.92 Å². The number of carbonyl (C=O) groups is 2. The zero-order chi connectivity index (χ0) is 21.7. The highest BCUT2D eigenvalue weighted by molar-refractivity contribution is 6.12. The molecule has 5 nitrogen and oxygen atoms in total. The number of esters is 2. The van der Waals surface area contributed by atoms with Crippen molar-refractivity contribution in [1.29, 1.82) is 0 Å². The van der Waals surface area contributed by atoms with E-state index in [0.29, 0.717) is 17.0 Å². The number of aromatic nitrogens is 1. The molecular formula is C25H27NO4. The van der Waals surface area contributed by atoms with Gasteiger partial charge < -0.3 is 14.0 Å². The maximum absolute atomic E-state index is 12.3. The molecule has 0 unspecified atom stereocenters. The number of fused-ring (bicyclic) bond motifs is 3. The molecule has 0 fully saturated rings. The Bertz CT molecular complexity index is 1030. The van der Waals surface area contributed by atoms with E-state index in [2.05, 4.69) is 31.6 Å². The van der Waals surface area contributed by atoms with E-state index >= 15 is 0 Å². The Hall–Kier alpha value is -3.34. The van der Waals surface area contributed by atoms with Crippen molar-refractivity contribution in [2.75, 3.05) is 13.2 Å². The molecule has 0 N–H and O–H groups in total. The number of hydrogen-bond acceptors (Lipinski definition) is 4. The van der Waals surface area contributed by atoms with Crippen LogP contribution in [0.5, 0.6) is 0 Å². The molecule has 0 spiro atoms. The molecule has 3 aromatic rings. The minimum absolute atomic E-state index is 0.159. The Kier molecular flexibility index (Phi) is 6.72. The summed E-state index contributed by atoms with van der Waals surface area (Å²) in [7, 11) is 0. The zero-order valence-corrected chi connectivity index (χ0v) is 17.5. The summed E-state index contributed by atoms with van der Waals surface area (Å²) < 4.78 is 12.6. The maximum Gasteiger partial charge on any atom is 0.338 e. The van der Waals surface area contributed by atoms with Crippen molar-refractivity contribution in [3.8, 4) is 0 Å². The molecule has 0 bridgehead atoms. The van der Waals surface area contributed by atoms with E-state index in [-0.39, 0.29) is 13.2 Å². The average molecular weight is 405 g/mol. The maximum atomic E-state index is 12.3. The Morgan fingerprint density at radius 2 is 1.37 bits per heavy atom. The van der Waals surface area contributed by atoms with E-state index < -0.39 is 11.9 Å². The largest absolute Gasteiger partial charge is 0.458 e. The van der Waals surface area contributed by atoms with E-state index in [1.54, 1.807) is 12.1 Å². The lowest BCUT2D eigenvalue weighted by atomic mass is 10.1. The summed E-state index contributed by atoms with van der Waals surface area (Å²) in [6, 6.07) is 11.1. The van der Waals surface area contributed by atoms with Gasteiger partial charge in [-0.1, -0.05) is 39.2 Å². The van der Waals surface area contributed by atoms with Crippen LogP contribution in [-0.4, -0.2) is 29.7 Å². The van der Waals surface area contributed by atoms with Crippen molar-refractivity contribution < 1.29 is 19.1 Å². The van der Waals surface area contributed by atoms with Gasteiger partial charge in [-0.2, -0.15) is 0 Å². The SMILES string of the molecule is C=CCOC(=O)c1ccc2c(c1)c1cc(C(=O)OCC=C)ccc1n2CCC(C)C. The number of carbonyl (C=O) groups excluding carboxylic acids is 2. The van der Waals surface area contributed by atoms with Crippen molar-refractivity contribution in [2.45, 2.75) is 26.8 Å². The second-order valence-electron chi connectivity index (χ2n) is 7.57. The monoisotopic (exact) mass is 405 g/mol. The second kappa shape index (κ2) is 9.44. The fraction of sp³-hybridized carbons (Fsp3) is 0.280. The molecule has 0 saturated carbocycles. The van der Waals surface area contributed by atoms with Crippen LogP contribution in [0.1, 0.15) is 41.0 Å². The van der Waals surface area contributed by atoms with Crippen LogP contribution in [0.2, 0.25) is 0 Å². The van der Waals surface area contributed by atoms with Crippen LogP contribution in [0.15, 0.2) is 61.7 Å². The molecule has 0 aliphatic rings. The number of aryl methyl sites for hydroxylation is 1. The second-order valence-corrected chi connectivity index (χ2v) is 7.57. The lowest BCUT2D eigenvalue weighted by Crippen LogP contribution is -2.05. The lowest BCUT2D eigenvalue weighted by Gasteiger charge is -2.10. The minimum atomic E-state index is -0.401. The van der Waals surface area contributed by atoms with Crippen molar-refractivity contribution in [3.05, 3.63) is 72.8 Å². The standard InChI is InChI=1S/C25H27NO4/c1-5-13-29-24(27)18-7-9-22-20(15-18)21-16-19(25(28)30-14-6-2)8-10-23(21)26(22)12-11-17(3)4/h5-10,15-17H,1-2,11-14H2,3-4H3. The molecule has 5 heteroatoms. The summed E-state index contributed by atoms with van der Waals surface area (Å²) in [5.74, 6) is -0.248. The van der Waals surface area contributed by atoms with E-state index in [1.807, 2.05) is 24.3 Å². The smallest absolute Gasteiger partial charge is 0.338 e. The van der Waals surface area contributed by atoms with Gasteiger partial charge in [0.25, 0.3) is 0 Å². The van der Waals surface area contributed by atoms with Gasteiger partial charge >= 0.3 is 11.9 Å². The predicted molar refractivity (Wildman–Crippen MR) is 120 cm³/mol. The van der Waals surface area contributed by atoms with E-state index in [0.717, 1.165) is 34.8 Å². The summed E-state index contributed by atoms with van der Waals surface area (Å²) >= 11 is 0. The topological polar surface area (TPSA) is 57.5 Å². The molecule has 0 radical (unpaired) electrons. The van der Waals surface area contributed by atoms with Gasteiger partial charge in [-0.25, -0.2) is 9.59 Å². The van der Waals surface area contributed by atoms with Gasteiger partial charge in [-0.3, -0.25) is 0 Å². The molecule has 156 valence electrons. The molecule has 30 heavy (non-hydrogen) atoms. The zero-order valence-electron chi connectivity index (χ0n) is 17.5. The normalized spacial score (nSPS) is 11.0. The summed E-state index contributed by atoms with van der Waals surface area (Å²) in [4.78, 5) is 24.7. The first-order valence-electron chi connectivity index (χ1n) is 10.1. The predicted octanol–water partition coefficient (Wildman–Crippen LogP) is 5.53. The Labute approximate surface area is 176 Å². The van der Waals surface area contributed by atoms with Crippen LogP contribution in [0.25, 0.3) is 21.8 Å². The highest BCUT2D eigenvalue weighted by Crippen LogP contribution is 2.31. The van der Waals surface area contributed by atoms with Crippen LogP contribution in [0, 0.1) is 5.92 Å². The summed E-state index contributed by atoms with van der Waals surface area (Å²) in [5, 5.41) is 1.81. The van der Waals surface area contributed by atoms with Crippen molar-refractivity contribution in [3.63, 3.8) is 0 Å². The first-order chi connectivity index (χ1) is 14.5. The van der Waals surface area contributed by atoms with Gasteiger partial charge in [0.05, 0.1) is 11.1 Å². The summed E-state index contributed by atoms with van der Waals surface area (Å²) in [5.41, 5.74) is 2.96. The number of ether oxygens (including phenoxy) is 2. The molecule has 1 heterocycles. The molecule has 0 amide bonds. The van der Waals surface area contributed by atoms with Gasteiger partial charge in [-0.05, 0) is 48.7 Å². The Morgan fingerprint density at radius 3 is 1.77 bits per heavy atom. The van der Waals surface area contributed by atoms with E-state index in [4.69, 9.17) is 9.47 Å². The third-order valence-electron chi connectivity index (χ3n) is 4.93. The lowest BCUT2D eigenvalue weighted by molar-refractivity contribution is 0.0540. The van der Waals surface area contributed by atoms with Crippen molar-refractivity contribution in [1.82, 2.24) is 4.57 Å². The average Bonchev–Trinajstić information content (AvgIpc) is 3.06. The molecule has 0 aliphatic heterocycles. The number of nitrogens with zero attached hydrogens (tertiary/aromatic N) is 1. The third-order valence-corrected chi connectivity index (χ3v) is 4.93. The fourth-order valence-corrected chi connectivity index (χ4v) is 3.42. The molecular weight excluding hydrogens is 378 g/mol. The van der Waals surface area contributed by atoms with Gasteiger partial charge in [0, 0.05) is 28.4 Å². The van der Waals surface area contributed by atoms with Crippen molar-refractivity contribution >= 4 is 33.7 Å². The van der Waals surface area contributed by atoms with Crippen LogP contribution in [-0.2, 0) is 16.0 Å². The van der Waals surface area contributed by atoms with E-state index in [1.165, 1.54) is 12.2 Å². The molecule has 2 aromatic carbocycles. The van der Waals surface area contributed by atoms with Gasteiger partial charge in [0.15, 0.2) is 0 Å². The van der Waals surface area contributed by atoms with Crippen LogP contribution in [0.4, 0.5) is 0 Å². The summed E-state index contributed by atoms with van der Waals surface area (Å²) in [6.07, 6.45) is 4.09. The Balaban J connectivity index is 2.14. The van der Waals surface area contributed by atoms with Crippen LogP contribution < -0.4 is 0 Å². The number of benzene rings is 2. The first-order valence-corrected chi connectivity index (χ1v) is 10.1. The fourth-order valence-electron chi connectivity index (χ4n) is 3.42. The highest BCUT2D eigenvalue weighted by atomic mass is 16.5. The minimum Gasteiger partial charge on any atom is -0.458 e. The number of rotatable bonds is 9. The summed E-state index contributed by atoms with van der Waals surface area (Å²) in [6.45, 7) is 12.7. The molecule has 0 aliphatic carbocycles. The van der Waals surface area contributed by atoms with Crippen LogP contribution in [0.3, 0.4) is 0 Å². The highest BCUT2D eigenvalue weighted by Gasteiger charge is 2.17. The molecule has 0 atom stereocenters. The van der Waals surface area contributed by atoms with Crippen LogP contribution >= 0.6 is 0 Å². The quantitative estimate of drug-likeness (QED) is 0.347. The van der Waals surface area contributed by atoms with Gasteiger partial charge in [-0.15, -0.1) is 0 Å². The van der Waals surface area contributed by atoms with Gasteiger partial charge in [0.1, 0.15) is 13.2 Å². The van der Waals surface area contributed by atoms with Gasteiger partial charge in [0.2, 0.25) is 0 Å².